The van der Waals surface area contributed by atoms with Crippen molar-refractivity contribution < 1.29 is 29.0 Å². The predicted molar refractivity (Wildman–Crippen MR) is 106 cm³/mol. The van der Waals surface area contributed by atoms with E-state index in [1.165, 1.54) is 21.9 Å². The molecule has 0 aliphatic carbocycles. The topological polar surface area (TPSA) is 96.4 Å². The van der Waals surface area contributed by atoms with Crippen LogP contribution < -0.4 is 9.64 Å². The van der Waals surface area contributed by atoms with E-state index in [-0.39, 0.29) is 29.3 Å². The van der Waals surface area contributed by atoms with Crippen LogP contribution in [0.5, 0.6) is 11.5 Å². The Labute approximate surface area is 171 Å². The van der Waals surface area contributed by atoms with E-state index >= 15 is 0 Å². The summed E-state index contributed by atoms with van der Waals surface area (Å²) in [5, 5.41) is 8.98. The molecule has 4 rings (SSSR count). The van der Waals surface area contributed by atoms with Crippen molar-refractivity contribution in [3.63, 3.8) is 0 Å². The third-order valence-electron chi connectivity index (χ3n) is 4.52. The van der Waals surface area contributed by atoms with Gasteiger partial charge in [0.1, 0.15) is 18.1 Å². The monoisotopic (exact) mass is 414 g/mol. The van der Waals surface area contributed by atoms with E-state index in [0.717, 1.165) is 17.3 Å². The number of rotatable bonds is 6. The van der Waals surface area contributed by atoms with E-state index in [4.69, 9.17) is 9.47 Å². The average Bonchev–Trinajstić information content (AvgIpc) is 3.22. The number of carbonyl (C=O) groups is 3. The summed E-state index contributed by atoms with van der Waals surface area (Å²) in [6, 6.07) is 13.6. The van der Waals surface area contributed by atoms with E-state index in [9.17, 15) is 19.5 Å². The van der Waals surface area contributed by atoms with E-state index in [2.05, 4.69) is 0 Å². The number of benzene rings is 2. The zero-order chi connectivity index (χ0) is 20.4. The highest BCUT2D eigenvalue weighted by Gasteiger charge is 2.33. The first-order valence-electron chi connectivity index (χ1n) is 8.96. The molecule has 1 unspecified atom stereocenters. The molecule has 2 amide bonds. The lowest BCUT2D eigenvalue weighted by Crippen LogP contribution is -2.26. The summed E-state index contributed by atoms with van der Waals surface area (Å²) in [7, 11) is 0. The Morgan fingerprint density at radius 3 is 2.66 bits per heavy atom. The Bertz CT molecular complexity index is 948. The summed E-state index contributed by atoms with van der Waals surface area (Å²) in [5.74, 6) is 0.715. The first kappa shape index (κ1) is 19.1. The molecule has 2 aromatic carbocycles. The van der Waals surface area contributed by atoms with Crippen LogP contribution in [0.15, 0.2) is 48.5 Å². The standard InChI is InChI=1S/C20H18N2O6S/c23-15-6-4-14(5-7-15)22-10-17(28-19(22)25)12-27-16-3-1-2-13(8-16)9-21-11-18(24)29-20(21)26/h1-8,17,23H,9-12H2. The van der Waals surface area contributed by atoms with Crippen molar-refractivity contribution in [3.05, 3.63) is 54.1 Å². The van der Waals surface area contributed by atoms with Crippen LogP contribution >= 0.6 is 11.8 Å². The zero-order valence-corrected chi connectivity index (χ0v) is 16.1. The van der Waals surface area contributed by atoms with Gasteiger partial charge < -0.3 is 19.5 Å². The van der Waals surface area contributed by atoms with E-state index in [1.54, 1.807) is 24.3 Å². The number of anilines is 1. The minimum atomic E-state index is -0.465. The molecule has 9 heteroatoms. The van der Waals surface area contributed by atoms with Gasteiger partial charge in [-0.15, -0.1) is 0 Å². The molecular weight excluding hydrogens is 396 g/mol. The molecule has 2 aliphatic heterocycles. The van der Waals surface area contributed by atoms with Crippen LogP contribution in [-0.2, 0) is 16.1 Å². The SMILES string of the molecule is O=C1CN(Cc2cccc(OCC3CN(c4ccc(O)cc4)C(=O)O3)c2)C(=O)S1. The maximum Gasteiger partial charge on any atom is 0.414 e. The number of carbonyl (C=O) groups excluding carboxylic acids is 3. The molecule has 1 atom stereocenters. The van der Waals surface area contributed by atoms with Crippen molar-refractivity contribution in [2.75, 3.05) is 24.6 Å². The molecule has 2 aliphatic rings. The van der Waals surface area contributed by atoms with Crippen LogP contribution in [0, 0.1) is 0 Å². The van der Waals surface area contributed by atoms with Crippen molar-refractivity contribution >= 4 is 33.9 Å². The summed E-state index contributed by atoms with van der Waals surface area (Å²) in [4.78, 5) is 38.2. The largest absolute Gasteiger partial charge is 0.508 e. The quantitative estimate of drug-likeness (QED) is 0.776. The Morgan fingerprint density at radius 2 is 1.93 bits per heavy atom. The third kappa shape index (κ3) is 4.45. The van der Waals surface area contributed by atoms with Gasteiger partial charge in [-0.05, 0) is 42.0 Å². The maximum atomic E-state index is 12.1. The summed E-state index contributed by atoms with van der Waals surface area (Å²) in [6.45, 7) is 0.965. The first-order chi connectivity index (χ1) is 14.0. The van der Waals surface area contributed by atoms with E-state index < -0.39 is 12.2 Å². The highest BCUT2D eigenvalue weighted by atomic mass is 32.2. The minimum Gasteiger partial charge on any atom is -0.508 e. The van der Waals surface area contributed by atoms with Crippen molar-refractivity contribution in [1.29, 1.82) is 0 Å². The van der Waals surface area contributed by atoms with Crippen molar-refractivity contribution in [2.45, 2.75) is 12.6 Å². The Balaban J connectivity index is 1.33. The number of phenolic OH excluding ortho intramolecular Hbond substituents is 1. The van der Waals surface area contributed by atoms with E-state index in [0.29, 0.717) is 24.5 Å². The predicted octanol–water partition coefficient (Wildman–Crippen LogP) is 2.99. The molecular formula is C20H18N2O6S. The molecule has 0 radical (unpaired) electrons. The lowest BCUT2D eigenvalue weighted by Gasteiger charge is -2.15. The Kier molecular flexibility index (Phi) is 5.30. The maximum absolute atomic E-state index is 12.1. The van der Waals surface area contributed by atoms with Crippen LogP contribution in [0.4, 0.5) is 15.3 Å². The van der Waals surface area contributed by atoms with Gasteiger partial charge in [-0.2, -0.15) is 0 Å². The second kappa shape index (κ2) is 8.04. The molecule has 150 valence electrons. The van der Waals surface area contributed by atoms with Gasteiger partial charge in [0.15, 0.2) is 6.10 Å². The van der Waals surface area contributed by atoms with Gasteiger partial charge in [-0.1, -0.05) is 12.1 Å². The number of nitrogens with zero attached hydrogens (tertiary/aromatic N) is 2. The molecule has 29 heavy (non-hydrogen) atoms. The lowest BCUT2D eigenvalue weighted by atomic mass is 10.2. The van der Waals surface area contributed by atoms with Gasteiger partial charge in [-0.3, -0.25) is 14.5 Å². The van der Waals surface area contributed by atoms with Crippen LogP contribution in [0.25, 0.3) is 0 Å². The minimum absolute atomic E-state index is 0.111. The molecule has 0 saturated carbocycles. The van der Waals surface area contributed by atoms with Gasteiger partial charge in [0.25, 0.3) is 5.24 Å². The van der Waals surface area contributed by atoms with Gasteiger partial charge in [0.2, 0.25) is 5.12 Å². The van der Waals surface area contributed by atoms with Crippen LogP contribution in [0.3, 0.4) is 0 Å². The van der Waals surface area contributed by atoms with Crippen LogP contribution in [0.1, 0.15) is 5.56 Å². The summed E-state index contributed by atoms with van der Waals surface area (Å²) < 4.78 is 11.1. The summed E-state index contributed by atoms with van der Waals surface area (Å²) >= 11 is 0.728. The summed E-state index contributed by atoms with van der Waals surface area (Å²) in [6.07, 6.45) is -0.901. The number of thioether (sulfide) groups is 1. The van der Waals surface area contributed by atoms with Gasteiger partial charge in [0.05, 0.1) is 13.1 Å². The number of hydrogen-bond donors (Lipinski definition) is 1. The number of ether oxygens (including phenoxy) is 2. The number of amides is 2. The number of phenols is 1. The average molecular weight is 414 g/mol. The smallest absolute Gasteiger partial charge is 0.414 e. The first-order valence-corrected chi connectivity index (χ1v) is 9.78. The molecule has 2 aromatic rings. The number of aromatic hydroxyl groups is 1. The van der Waals surface area contributed by atoms with Gasteiger partial charge in [-0.25, -0.2) is 4.79 Å². The van der Waals surface area contributed by atoms with E-state index in [1.807, 2.05) is 12.1 Å². The molecule has 1 N–H and O–H groups in total. The number of hydrogen-bond acceptors (Lipinski definition) is 7. The van der Waals surface area contributed by atoms with Crippen molar-refractivity contribution in [1.82, 2.24) is 4.90 Å². The fraction of sp³-hybridized carbons (Fsp3) is 0.250. The number of cyclic esters (lactones) is 1. The van der Waals surface area contributed by atoms with Crippen molar-refractivity contribution in [3.8, 4) is 11.5 Å². The summed E-state index contributed by atoms with van der Waals surface area (Å²) in [5.41, 5.74) is 1.49. The van der Waals surface area contributed by atoms with Crippen molar-refractivity contribution in [2.24, 2.45) is 0 Å². The third-order valence-corrected chi connectivity index (χ3v) is 5.31. The second-order valence-electron chi connectivity index (χ2n) is 6.69. The normalized spacial score (nSPS) is 19.0. The van der Waals surface area contributed by atoms with Crippen LogP contribution in [-0.4, -0.2) is 52.3 Å². The molecule has 2 saturated heterocycles. The molecule has 0 spiro atoms. The molecule has 2 fully saturated rings. The Morgan fingerprint density at radius 1 is 1.14 bits per heavy atom. The molecule has 8 nitrogen and oxygen atoms in total. The van der Waals surface area contributed by atoms with Gasteiger partial charge >= 0.3 is 6.09 Å². The second-order valence-corrected chi connectivity index (χ2v) is 7.70. The molecule has 0 aromatic heterocycles. The lowest BCUT2D eigenvalue weighted by molar-refractivity contribution is -0.110. The van der Waals surface area contributed by atoms with Crippen LogP contribution in [0.2, 0.25) is 0 Å². The fourth-order valence-corrected chi connectivity index (χ4v) is 3.80. The molecule has 2 heterocycles. The Hall–Kier alpha value is -3.20. The van der Waals surface area contributed by atoms with Gasteiger partial charge in [0, 0.05) is 24.0 Å². The zero-order valence-electron chi connectivity index (χ0n) is 15.3. The highest BCUT2D eigenvalue weighted by Crippen LogP contribution is 2.25. The fourth-order valence-electron chi connectivity index (χ4n) is 3.13. The highest BCUT2D eigenvalue weighted by molar-refractivity contribution is 8.26. The molecule has 0 bridgehead atoms.